The van der Waals surface area contributed by atoms with Gasteiger partial charge in [-0.1, -0.05) is 29.8 Å². The first-order chi connectivity index (χ1) is 12.2. The maximum atomic E-state index is 12.8. The summed E-state index contributed by atoms with van der Waals surface area (Å²) in [7, 11) is 0. The standard InChI is InChI=1S/C18H20ClN3O2S/c19-14-5-2-1-4-13(14)16-6-8-21(9-11-25-16)18(23)15-12-17-22(20-15)7-3-10-24-17/h1-2,4-5,12,16H,3,6-11H2. The third-order valence-electron chi connectivity index (χ3n) is 4.61. The minimum Gasteiger partial charge on any atom is -0.478 e. The molecular formula is C18H20ClN3O2S. The summed E-state index contributed by atoms with van der Waals surface area (Å²) in [6.45, 7) is 2.95. The quantitative estimate of drug-likeness (QED) is 0.801. The summed E-state index contributed by atoms with van der Waals surface area (Å²) in [5, 5.41) is 5.55. The van der Waals surface area contributed by atoms with Gasteiger partial charge >= 0.3 is 0 Å². The minimum absolute atomic E-state index is 0.00842. The molecule has 0 spiro atoms. The summed E-state index contributed by atoms with van der Waals surface area (Å²) in [4.78, 5) is 14.7. The number of benzene rings is 1. The van der Waals surface area contributed by atoms with E-state index < -0.39 is 0 Å². The maximum Gasteiger partial charge on any atom is 0.274 e. The van der Waals surface area contributed by atoms with Gasteiger partial charge in [0, 0.05) is 48.1 Å². The normalized spacial score (nSPS) is 20.5. The van der Waals surface area contributed by atoms with Crippen molar-refractivity contribution in [1.29, 1.82) is 0 Å². The second kappa shape index (κ2) is 7.30. The number of rotatable bonds is 2. The van der Waals surface area contributed by atoms with Crippen LogP contribution in [-0.4, -0.2) is 46.0 Å². The van der Waals surface area contributed by atoms with Crippen molar-refractivity contribution < 1.29 is 9.53 Å². The van der Waals surface area contributed by atoms with Crippen molar-refractivity contribution in [3.8, 4) is 5.88 Å². The summed E-state index contributed by atoms with van der Waals surface area (Å²) < 4.78 is 7.35. The zero-order valence-electron chi connectivity index (χ0n) is 13.9. The average Bonchev–Trinajstić information content (AvgIpc) is 2.92. The Morgan fingerprint density at radius 3 is 3.00 bits per heavy atom. The van der Waals surface area contributed by atoms with Crippen molar-refractivity contribution in [2.75, 3.05) is 25.4 Å². The van der Waals surface area contributed by atoms with Crippen LogP contribution in [0.4, 0.5) is 0 Å². The fourth-order valence-corrected chi connectivity index (χ4v) is 4.89. The van der Waals surface area contributed by atoms with Crippen molar-refractivity contribution in [2.24, 2.45) is 0 Å². The molecule has 7 heteroatoms. The van der Waals surface area contributed by atoms with Gasteiger partial charge in [-0.2, -0.15) is 16.9 Å². The van der Waals surface area contributed by atoms with Crippen LogP contribution in [0.3, 0.4) is 0 Å². The number of carbonyl (C=O) groups is 1. The van der Waals surface area contributed by atoms with Gasteiger partial charge in [-0.3, -0.25) is 4.79 Å². The van der Waals surface area contributed by atoms with Crippen LogP contribution in [0.5, 0.6) is 5.88 Å². The van der Waals surface area contributed by atoms with Gasteiger partial charge in [-0.25, -0.2) is 4.68 Å². The number of carbonyl (C=O) groups excluding carboxylic acids is 1. The summed E-state index contributed by atoms with van der Waals surface area (Å²) in [5.41, 5.74) is 1.65. The van der Waals surface area contributed by atoms with Crippen molar-refractivity contribution in [3.05, 3.63) is 46.6 Å². The van der Waals surface area contributed by atoms with Crippen LogP contribution in [0, 0.1) is 0 Å². The average molecular weight is 378 g/mol. The van der Waals surface area contributed by atoms with E-state index in [-0.39, 0.29) is 5.91 Å². The van der Waals surface area contributed by atoms with E-state index in [4.69, 9.17) is 16.3 Å². The summed E-state index contributed by atoms with van der Waals surface area (Å²) >= 11 is 8.21. The molecule has 1 saturated heterocycles. The molecule has 1 atom stereocenters. The number of hydrogen-bond acceptors (Lipinski definition) is 4. The molecule has 4 rings (SSSR count). The number of ether oxygens (including phenoxy) is 1. The molecule has 1 amide bonds. The van der Waals surface area contributed by atoms with Crippen LogP contribution in [0.15, 0.2) is 30.3 Å². The number of amides is 1. The lowest BCUT2D eigenvalue weighted by atomic mass is 10.1. The lowest BCUT2D eigenvalue weighted by Crippen LogP contribution is -2.33. The number of halogens is 1. The SMILES string of the molecule is O=C(c1cc2n(n1)CCCO2)N1CCSC(c2ccccc2Cl)CC1. The van der Waals surface area contributed by atoms with Crippen LogP contribution >= 0.6 is 23.4 Å². The van der Waals surface area contributed by atoms with Gasteiger partial charge in [-0.05, 0) is 18.1 Å². The van der Waals surface area contributed by atoms with Crippen LogP contribution < -0.4 is 4.74 Å². The molecule has 5 nitrogen and oxygen atoms in total. The molecular weight excluding hydrogens is 358 g/mol. The first-order valence-electron chi connectivity index (χ1n) is 8.58. The lowest BCUT2D eigenvalue weighted by molar-refractivity contribution is 0.0759. The van der Waals surface area contributed by atoms with Crippen molar-refractivity contribution in [3.63, 3.8) is 0 Å². The maximum absolute atomic E-state index is 12.8. The molecule has 0 saturated carbocycles. The number of thioether (sulfide) groups is 1. The molecule has 0 aliphatic carbocycles. The van der Waals surface area contributed by atoms with Crippen molar-refractivity contribution in [2.45, 2.75) is 24.6 Å². The van der Waals surface area contributed by atoms with E-state index in [1.807, 2.05) is 34.9 Å². The molecule has 2 aromatic rings. The molecule has 1 unspecified atom stereocenters. The van der Waals surface area contributed by atoms with E-state index in [1.54, 1.807) is 10.7 Å². The highest BCUT2D eigenvalue weighted by molar-refractivity contribution is 7.99. The highest BCUT2D eigenvalue weighted by Gasteiger charge is 2.26. The van der Waals surface area contributed by atoms with Crippen molar-refractivity contribution in [1.82, 2.24) is 14.7 Å². The summed E-state index contributed by atoms with van der Waals surface area (Å²) in [6.07, 6.45) is 1.83. The molecule has 1 aromatic heterocycles. The highest BCUT2D eigenvalue weighted by atomic mass is 35.5. The molecule has 1 aromatic carbocycles. The van der Waals surface area contributed by atoms with Gasteiger partial charge in [0.2, 0.25) is 5.88 Å². The van der Waals surface area contributed by atoms with E-state index in [1.165, 1.54) is 0 Å². The van der Waals surface area contributed by atoms with E-state index in [9.17, 15) is 4.79 Å². The Hall–Kier alpha value is -1.66. The number of nitrogens with zero attached hydrogens (tertiary/aromatic N) is 3. The largest absolute Gasteiger partial charge is 0.478 e. The smallest absolute Gasteiger partial charge is 0.274 e. The molecule has 132 valence electrons. The zero-order chi connectivity index (χ0) is 17.2. The molecule has 0 radical (unpaired) electrons. The molecule has 2 aliphatic rings. The molecule has 25 heavy (non-hydrogen) atoms. The third kappa shape index (κ3) is 3.51. The Bertz CT molecular complexity index is 756. The Kier molecular flexibility index (Phi) is 4.90. The van der Waals surface area contributed by atoms with Gasteiger partial charge in [-0.15, -0.1) is 0 Å². The number of aryl methyl sites for hydroxylation is 1. The second-order valence-electron chi connectivity index (χ2n) is 6.25. The predicted molar refractivity (Wildman–Crippen MR) is 99.5 cm³/mol. The molecule has 0 bridgehead atoms. The van der Waals surface area contributed by atoms with Crippen LogP contribution in [0.1, 0.15) is 34.1 Å². The molecule has 0 N–H and O–H groups in total. The Balaban J connectivity index is 1.46. The number of fused-ring (bicyclic) bond motifs is 1. The van der Waals surface area contributed by atoms with Crippen LogP contribution in [-0.2, 0) is 6.54 Å². The molecule has 3 heterocycles. The fraction of sp³-hybridized carbons (Fsp3) is 0.444. The van der Waals surface area contributed by atoms with E-state index in [0.717, 1.165) is 42.3 Å². The Morgan fingerprint density at radius 1 is 1.28 bits per heavy atom. The van der Waals surface area contributed by atoms with Crippen LogP contribution in [0.2, 0.25) is 5.02 Å². The third-order valence-corrected chi connectivity index (χ3v) is 6.26. The molecule has 2 aliphatic heterocycles. The Labute approximate surface area is 156 Å². The van der Waals surface area contributed by atoms with Gasteiger partial charge < -0.3 is 9.64 Å². The topological polar surface area (TPSA) is 47.4 Å². The van der Waals surface area contributed by atoms with E-state index in [0.29, 0.717) is 30.0 Å². The van der Waals surface area contributed by atoms with E-state index in [2.05, 4.69) is 11.2 Å². The minimum atomic E-state index is -0.00842. The Morgan fingerprint density at radius 2 is 2.16 bits per heavy atom. The lowest BCUT2D eigenvalue weighted by Gasteiger charge is -2.19. The monoisotopic (exact) mass is 377 g/mol. The zero-order valence-corrected chi connectivity index (χ0v) is 15.4. The first-order valence-corrected chi connectivity index (χ1v) is 10.0. The van der Waals surface area contributed by atoms with Gasteiger partial charge in [0.25, 0.3) is 5.91 Å². The van der Waals surface area contributed by atoms with Gasteiger partial charge in [0.15, 0.2) is 5.69 Å². The highest BCUT2D eigenvalue weighted by Crippen LogP contribution is 2.38. The van der Waals surface area contributed by atoms with Crippen molar-refractivity contribution >= 4 is 29.3 Å². The van der Waals surface area contributed by atoms with Crippen LogP contribution in [0.25, 0.3) is 0 Å². The van der Waals surface area contributed by atoms with E-state index >= 15 is 0 Å². The molecule has 1 fully saturated rings. The fourth-order valence-electron chi connectivity index (χ4n) is 3.29. The second-order valence-corrected chi connectivity index (χ2v) is 7.97. The van der Waals surface area contributed by atoms with Gasteiger partial charge in [0.1, 0.15) is 0 Å². The predicted octanol–water partition coefficient (Wildman–Crippen LogP) is 3.64. The number of hydrogen-bond donors (Lipinski definition) is 0. The first kappa shape index (κ1) is 16.8. The summed E-state index contributed by atoms with van der Waals surface area (Å²) in [6, 6.07) is 9.75. The van der Waals surface area contributed by atoms with Gasteiger partial charge in [0.05, 0.1) is 6.61 Å². The number of aromatic nitrogens is 2. The summed E-state index contributed by atoms with van der Waals surface area (Å²) in [5.74, 6) is 1.59.